The van der Waals surface area contributed by atoms with E-state index in [1.807, 2.05) is 60.7 Å². The SMILES string of the molecule is COc1cc(OC)cc(OCCNC(=O)C(c2ccccc2)c2ccccc2)c1. The normalized spacial score (nSPS) is 10.4. The predicted octanol–water partition coefficient (Wildman–Crippen LogP) is 4.03. The first-order valence-electron chi connectivity index (χ1n) is 9.44. The molecule has 3 rings (SSSR count). The fourth-order valence-corrected chi connectivity index (χ4v) is 3.10. The summed E-state index contributed by atoms with van der Waals surface area (Å²) in [5.41, 5.74) is 1.91. The van der Waals surface area contributed by atoms with Crippen molar-refractivity contribution in [3.63, 3.8) is 0 Å². The second-order valence-corrected chi connectivity index (χ2v) is 6.44. The third-order valence-corrected chi connectivity index (χ3v) is 4.52. The Morgan fingerprint density at radius 2 is 1.28 bits per heavy atom. The lowest BCUT2D eigenvalue weighted by atomic mass is 9.90. The van der Waals surface area contributed by atoms with Crippen LogP contribution in [0, 0.1) is 0 Å². The lowest BCUT2D eigenvalue weighted by Crippen LogP contribution is -2.33. The predicted molar refractivity (Wildman–Crippen MR) is 113 cm³/mol. The van der Waals surface area contributed by atoms with Gasteiger partial charge in [-0.2, -0.15) is 0 Å². The van der Waals surface area contributed by atoms with Crippen molar-refractivity contribution < 1.29 is 19.0 Å². The molecule has 1 amide bonds. The fourth-order valence-electron chi connectivity index (χ4n) is 3.10. The number of carbonyl (C=O) groups is 1. The highest BCUT2D eigenvalue weighted by Crippen LogP contribution is 2.27. The number of benzene rings is 3. The van der Waals surface area contributed by atoms with Gasteiger partial charge in [0.05, 0.1) is 26.7 Å². The molecule has 29 heavy (non-hydrogen) atoms. The van der Waals surface area contributed by atoms with Crippen molar-refractivity contribution in [1.82, 2.24) is 5.32 Å². The zero-order valence-electron chi connectivity index (χ0n) is 16.6. The van der Waals surface area contributed by atoms with Gasteiger partial charge in [0.1, 0.15) is 23.9 Å². The van der Waals surface area contributed by atoms with Gasteiger partial charge in [-0.15, -0.1) is 0 Å². The highest BCUT2D eigenvalue weighted by Gasteiger charge is 2.22. The molecule has 150 valence electrons. The summed E-state index contributed by atoms with van der Waals surface area (Å²) >= 11 is 0. The van der Waals surface area contributed by atoms with Crippen LogP contribution in [-0.2, 0) is 4.79 Å². The van der Waals surface area contributed by atoms with Crippen molar-refractivity contribution in [3.8, 4) is 17.2 Å². The average Bonchev–Trinajstić information content (AvgIpc) is 2.78. The van der Waals surface area contributed by atoms with Gasteiger partial charge in [-0.3, -0.25) is 4.79 Å². The largest absolute Gasteiger partial charge is 0.496 e. The summed E-state index contributed by atoms with van der Waals surface area (Å²) in [6.45, 7) is 0.715. The van der Waals surface area contributed by atoms with Crippen LogP contribution in [0.1, 0.15) is 17.0 Å². The Balaban J connectivity index is 1.63. The average molecular weight is 391 g/mol. The van der Waals surface area contributed by atoms with Crippen LogP contribution in [0.15, 0.2) is 78.9 Å². The maximum Gasteiger partial charge on any atom is 0.232 e. The summed E-state index contributed by atoms with van der Waals surface area (Å²) in [6, 6.07) is 24.9. The molecule has 3 aromatic rings. The number of methoxy groups -OCH3 is 2. The van der Waals surface area contributed by atoms with E-state index in [0.29, 0.717) is 30.4 Å². The molecule has 0 atom stereocenters. The first-order valence-corrected chi connectivity index (χ1v) is 9.44. The minimum Gasteiger partial charge on any atom is -0.496 e. The van der Waals surface area contributed by atoms with Crippen LogP contribution < -0.4 is 19.5 Å². The van der Waals surface area contributed by atoms with Crippen LogP contribution in [-0.4, -0.2) is 33.3 Å². The van der Waals surface area contributed by atoms with E-state index in [-0.39, 0.29) is 11.8 Å². The number of amides is 1. The van der Waals surface area contributed by atoms with Crippen molar-refractivity contribution in [3.05, 3.63) is 90.0 Å². The van der Waals surface area contributed by atoms with Crippen molar-refractivity contribution in [2.75, 3.05) is 27.4 Å². The molecule has 5 nitrogen and oxygen atoms in total. The summed E-state index contributed by atoms with van der Waals surface area (Å²) in [5, 5.41) is 2.98. The molecule has 0 heterocycles. The van der Waals surface area contributed by atoms with E-state index in [4.69, 9.17) is 14.2 Å². The van der Waals surface area contributed by atoms with E-state index in [2.05, 4.69) is 5.32 Å². The Hall–Kier alpha value is -3.47. The number of hydrogen-bond donors (Lipinski definition) is 1. The highest BCUT2D eigenvalue weighted by atomic mass is 16.5. The molecule has 0 aliphatic heterocycles. The van der Waals surface area contributed by atoms with Crippen LogP contribution in [0.3, 0.4) is 0 Å². The van der Waals surface area contributed by atoms with Gasteiger partial charge in [-0.1, -0.05) is 60.7 Å². The van der Waals surface area contributed by atoms with E-state index < -0.39 is 0 Å². The molecule has 1 N–H and O–H groups in total. The first-order chi connectivity index (χ1) is 14.2. The molecule has 0 bridgehead atoms. The zero-order valence-corrected chi connectivity index (χ0v) is 16.6. The summed E-state index contributed by atoms with van der Waals surface area (Å²) in [6.07, 6.45) is 0. The number of rotatable bonds is 9. The van der Waals surface area contributed by atoms with E-state index >= 15 is 0 Å². The molecule has 0 saturated heterocycles. The van der Waals surface area contributed by atoms with E-state index in [0.717, 1.165) is 11.1 Å². The Morgan fingerprint density at radius 1 is 0.793 bits per heavy atom. The third kappa shape index (κ3) is 5.51. The molecule has 0 saturated carbocycles. The van der Waals surface area contributed by atoms with Crippen LogP contribution >= 0.6 is 0 Å². The topological polar surface area (TPSA) is 56.8 Å². The lowest BCUT2D eigenvalue weighted by Gasteiger charge is -2.18. The van der Waals surface area contributed by atoms with Crippen LogP contribution in [0.2, 0.25) is 0 Å². The maximum atomic E-state index is 12.9. The summed E-state index contributed by atoms with van der Waals surface area (Å²) in [7, 11) is 3.18. The third-order valence-electron chi connectivity index (χ3n) is 4.52. The minimum atomic E-state index is -0.366. The highest BCUT2D eigenvalue weighted by molar-refractivity contribution is 5.87. The van der Waals surface area contributed by atoms with Gasteiger partial charge in [-0.25, -0.2) is 0 Å². The Morgan fingerprint density at radius 3 is 1.76 bits per heavy atom. The molecule has 0 unspecified atom stereocenters. The quantitative estimate of drug-likeness (QED) is 0.560. The second-order valence-electron chi connectivity index (χ2n) is 6.44. The Kier molecular flexibility index (Phi) is 7.11. The minimum absolute atomic E-state index is 0.0609. The molecule has 0 radical (unpaired) electrons. The number of hydrogen-bond acceptors (Lipinski definition) is 4. The summed E-state index contributed by atoms with van der Waals surface area (Å²) < 4.78 is 16.2. The summed E-state index contributed by atoms with van der Waals surface area (Å²) in [5.74, 6) is 1.50. The molecule has 5 heteroatoms. The first kappa shape index (κ1) is 20.3. The molecule has 0 aromatic heterocycles. The van der Waals surface area contributed by atoms with Gasteiger partial charge in [0.2, 0.25) is 5.91 Å². The van der Waals surface area contributed by atoms with Gasteiger partial charge < -0.3 is 19.5 Å². The van der Waals surface area contributed by atoms with E-state index in [1.165, 1.54) is 0 Å². The van der Waals surface area contributed by atoms with Crippen LogP contribution in [0.25, 0.3) is 0 Å². The Bertz CT molecular complexity index is 851. The van der Waals surface area contributed by atoms with Crippen molar-refractivity contribution in [2.45, 2.75) is 5.92 Å². The van der Waals surface area contributed by atoms with Gasteiger partial charge in [0, 0.05) is 18.2 Å². The number of ether oxygens (including phenoxy) is 3. The summed E-state index contributed by atoms with van der Waals surface area (Å²) in [4.78, 5) is 12.9. The monoisotopic (exact) mass is 391 g/mol. The van der Waals surface area contributed by atoms with Crippen molar-refractivity contribution in [1.29, 1.82) is 0 Å². The van der Waals surface area contributed by atoms with E-state index in [9.17, 15) is 4.79 Å². The Labute approximate surface area is 171 Å². The van der Waals surface area contributed by atoms with Crippen molar-refractivity contribution >= 4 is 5.91 Å². The molecule has 0 fully saturated rings. The second kappa shape index (κ2) is 10.2. The number of nitrogens with one attached hydrogen (secondary N) is 1. The maximum absolute atomic E-state index is 12.9. The molecule has 0 spiro atoms. The molecule has 0 aliphatic rings. The van der Waals surface area contributed by atoms with Crippen LogP contribution in [0.5, 0.6) is 17.2 Å². The molecular formula is C24H25NO4. The van der Waals surface area contributed by atoms with Gasteiger partial charge in [0.15, 0.2) is 0 Å². The van der Waals surface area contributed by atoms with Gasteiger partial charge in [0.25, 0.3) is 0 Å². The molecular weight excluding hydrogens is 366 g/mol. The van der Waals surface area contributed by atoms with Crippen molar-refractivity contribution in [2.24, 2.45) is 0 Å². The zero-order chi connectivity index (χ0) is 20.5. The molecule has 0 aliphatic carbocycles. The van der Waals surface area contributed by atoms with Gasteiger partial charge in [-0.05, 0) is 11.1 Å². The van der Waals surface area contributed by atoms with Crippen LogP contribution in [0.4, 0.5) is 0 Å². The number of carbonyl (C=O) groups excluding carboxylic acids is 1. The smallest absolute Gasteiger partial charge is 0.232 e. The molecule has 3 aromatic carbocycles. The standard InChI is InChI=1S/C24H25NO4/c1-27-20-15-21(28-2)17-22(16-20)29-14-13-25-24(26)23(18-9-5-3-6-10-18)19-11-7-4-8-12-19/h3-12,15-17,23H,13-14H2,1-2H3,(H,25,26). The lowest BCUT2D eigenvalue weighted by molar-refractivity contribution is -0.121. The fraction of sp³-hybridized carbons (Fsp3) is 0.208. The van der Waals surface area contributed by atoms with Gasteiger partial charge >= 0.3 is 0 Å². The van der Waals surface area contributed by atoms with E-state index in [1.54, 1.807) is 32.4 Å².